The number of carbonyl (C=O) groups excluding carboxylic acids is 1. The number of rotatable bonds is 1. The lowest BCUT2D eigenvalue weighted by Gasteiger charge is -2.32. The van der Waals surface area contributed by atoms with Crippen molar-refractivity contribution in [3.8, 4) is 0 Å². The van der Waals surface area contributed by atoms with E-state index >= 15 is 0 Å². The first-order valence-electron chi connectivity index (χ1n) is 5.11. The van der Waals surface area contributed by atoms with Crippen LogP contribution in [0.25, 0.3) is 0 Å². The number of aliphatic hydroxyl groups is 1. The van der Waals surface area contributed by atoms with Gasteiger partial charge in [-0.15, -0.1) is 0 Å². The fraction of sp³-hybridized carbons (Fsp3) is 0.417. The maximum absolute atomic E-state index is 11.2. The summed E-state index contributed by atoms with van der Waals surface area (Å²) in [6.07, 6.45) is -0.816. The number of aliphatic hydroxyl groups excluding tert-OH is 1. The zero-order chi connectivity index (χ0) is 10.8. The van der Waals surface area contributed by atoms with Crippen LogP contribution in [0.1, 0.15) is 25.0 Å². The summed E-state index contributed by atoms with van der Waals surface area (Å²) in [6, 6.07) is 9.53. The number of ether oxygens (including phenoxy) is 1. The molecule has 1 aromatic carbocycles. The molecule has 0 spiro atoms. The van der Waals surface area contributed by atoms with Crippen LogP contribution in [0.3, 0.4) is 0 Å². The normalized spacial score (nSPS) is 31.1. The molecule has 3 atom stereocenters. The van der Waals surface area contributed by atoms with Crippen LogP contribution >= 0.6 is 0 Å². The number of hydrogen-bond acceptors (Lipinski definition) is 3. The summed E-state index contributed by atoms with van der Waals surface area (Å²) in [5, 5.41) is 9.68. The van der Waals surface area contributed by atoms with Crippen molar-refractivity contribution in [2.45, 2.75) is 25.6 Å². The van der Waals surface area contributed by atoms with E-state index in [0.29, 0.717) is 0 Å². The molecule has 0 aliphatic carbocycles. The number of carbonyl (C=O) groups is 1. The standard InChI is InChI=1S/C12H14O3/c1-8-10(13)7-11(14)15-12(8)9-5-3-2-4-6-9/h2-6,8,10,12-13H,7H2,1H3/t8-,10+,12+/m0/s1. The van der Waals surface area contributed by atoms with E-state index in [1.54, 1.807) is 0 Å². The molecule has 1 saturated heterocycles. The Morgan fingerprint density at radius 3 is 2.67 bits per heavy atom. The Bertz CT molecular complexity index is 347. The number of hydrogen-bond donors (Lipinski definition) is 1. The van der Waals surface area contributed by atoms with Crippen LogP contribution in [-0.2, 0) is 9.53 Å². The van der Waals surface area contributed by atoms with Crippen molar-refractivity contribution in [3.05, 3.63) is 35.9 Å². The molecule has 1 heterocycles. The van der Waals surface area contributed by atoms with Gasteiger partial charge in [-0.3, -0.25) is 4.79 Å². The molecule has 0 amide bonds. The first kappa shape index (κ1) is 10.2. The quantitative estimate of drug-likeness (QED) is 0.711. The predicted molar refractivity (Wildman–Crippen MR) is 55.1 cm³/mol. The Kier molecular flexibility index (Phi) is 2.73. The van der Waals surface area contributed by atoms with Crippen LogP contribution in [0.15, 0.2) is 30.3 Å². The highest BCUT2D eigenvalue weighted by atomic mass is 16.5. The van der Waals surface area contributed by atoms with Gasteiger partial charge in [0.15, 0.2) is 0 Å². The van der Waals surface area contributed by atoms with E-state index in [9.17, 15) is 9.90 Å². The van der Waals surface area contributed by atoms with Crippen molar-refractivity contribution in [2.24, 2.45) is 5.92 Å². The van der Waals surface area contributed by atoms with E-state index in [1.165, 1.54) is 0 Å². The average molecular weight is 206 g/mol. The fourth-order valence-electron chi connectivity index (χ4n) is 1.87. The lowest BCUT2D eigenvalue weighted by Crippen LogP contribution is -2.35. The summed E-state index contributed by atoms with van der Waals surface area (Å²) in [5.41, 5.74) is 0.942. The number of benzene rings is 1. The van der Waals surface area contributed by atoms with E-state index in [0.717, 1.165) is 5.56 Å². The molecule has 3 nitrogen and oxygen atoms in total. The Morgan fingerprint density at radius 2 is 2.00 bits per heavy atom. The van der Waals surface area contributed by atoms with Gasteiger partial charge in [-0.1, -0.05) is 37.3 Å². The lowest BCUT2D eigenvalue weighted by atomic mass is 9.89. The summed E-state index contributed by atoms with van der Waals surface area (Å²) in [7, 11) is 0. The number of esters is 1. The van der Waals surface area contributed by atoms with E-state index < -0.39 is 6.10 Å². The second kappa shape index (κ2) is 4.03. The van der Waals surface area contributed by atoms with Gasteiger partial charge in [0, 0.05) is 5.92 Å². The third-order valence-electron chi connectivity index (χ3n) is 2.85. The second-order valence-corrected chi connectivity index (χ2v) is 3.95. The molecule has 1 aliphatic rings. The zero-order valence-corrected chi connectivity index (χ0v) is 8.59. The van der Waals surface area contributed by atoms with Crippen molar-refractivity contribution in [1.82, 2.24) is 0 Å². The van der Waals surface area contributed by atoms with Gasteiger partial charge in [0.2, 0.25) is 0 Å². The van der Waals surface area contributed by atoms with Crippen molar-refractivity contribution >= 4 is 5.97 Å². The van der Waals surface area contributed by atoms with E-state index in [-0.39, 0.29) is 24.4 Å². The number of cyclic esters (lactones) is 1. The third kappa shape index (κ3) is 2.02. The predicted octanol–water partition coefficient (Wildman–Crippen LogP) is 1.67. The SMILES string of the molecule is C[C@H]1[C@H](O)CC(=O)O[C@H]1c1ccccc1. The van der Waals surface area contributed by atoms with Crippen LogP contribution in [0, 0.1) is 5.92 Å². The van der Waals surface area contributed by atoms with Crippen LogP contribution in [-0.4, -0.2) is 17.2 Å². The molecule has 1 N–H and O–H groups in total. The van der Waals surface area contributed by atoms with Crippen molar-refractivity contribution in [3.63, 3.8) is 0 Å². The topological polar surface area (TPSA) is 46.5 Å². The van der Waals surface area contributed by atoms with Crippen molar-refractivity contribution in [2.75, 3.05) is 0 Å². The van der Waals surface area contributed by atoms with Gasteiger partial charge in [-0.2, -0.15) is 0 Å². The van der Waals surface area contributed by atoms with E-state index in [2.05, 4.69) is 0 Å². The molecule has 1 aliphatic heterocycles. The van der Waals surface area contributed by atoms with Gasteiger partial charge in [-0.25, -0.2) is 0 Å². The second-order valence-electron chi connectivity index (χ2n) is 3.95. The molecular weight excluding hydrogens is 192 g/mol. The van der Waals surface area contributed by atoms with E-state index in [1.807, 2.05) is 37.3 Å². The highest BCUT2D eigenvalue weighted by molar-refractivity contribution is 5.71. The third-order valence-corrected chi connectivity index (χ3v) is 2.85. The van der Waals surface area contributed by atoms with Gasteiger partial charge >= 0.3 is 5.97 Å². The molecule has 3 heteroatoms. The molecule has 1 fully saturated rings. The Balaban J connectivity index is 2.24. The van der Waals surface area contributed by atoms with Gasteiger partial charge in [-0.05, 0) is 5.56 Å². The van der Waals surface area contributed by atoms with Gasteiger partial charge in [0.1, 0.15) is 6.10 Å². The van der Waals surface area contributed by atoms with Gasteiger partial charge < -0.3 is 9.84 Å². The summed E-state index contributed by atoms with van der Waals surface area (Å²) in [6.45, 7) is 1.90. The molecule has 0 unspecified atom stereocenters. The summed E-state index contributed by atoms with van der Waals surface area (Å²) in [5.74, 6) is -0.375. The lowest BCUT2D eigenvalue weighted by molar-refractivity contribution is -0.167. The van der Waals surface area contributed by atoms with E-state index in [4.69, 9.17) is 4.74 Å². The molecule has 0 saturated carbocycles. The van der Waals surface area contributed by atoms with Crippen LogP contribution < -0.4 is 0 Å². The largest absolute Gasteiger partial charge is 0.457 e. The molecule has 80 valence electrons. The Morgan fingerprint density at radius 1 is 1.33 bits per heavy atom. The monoisotopic (exact) mass is 206 g/mol. The first-order chi connectivity index (χ1) is 7.18. The van der Waals surface area contributed by atoms with Crippen LogP contribution in [0.4, 0.5) is 0 Å². The Hall–Kier alpha value is -1.35. The highest BCUT2D eigenvalue weighted by Gasteiger charge is 2.35. The molecular formula is C12H14O3. The van der Waals surface area contributed by atoms with Crippen LogP contribution in [0.5, 0.6) is 0 Å². The summed E-state index contributed by atoms with van der Waals surface area (Å²) in [4.78, 5) is 11.2. The molecule has 1 aromatic rings. The van der Waals surface area contributed by atoms with Crippen LogP contribution in [0.2, 0.25) is 0 Å². The molecule has 0 radical (unpaired) electrons. The average Bonchev–Trinajstić information content (AvgIpc) is 2.24. The minimum atomic E-state index is -0.601. The minimum absolute atomic E-state index is 0.0508. The maximum Gasteiger partial charge on any atom is 0.309 e. The summed E-state index contributed by atoms with van der Waals surface area (Å²) >= 11 is 0. The van der Waals surface area contributed by atoms with Gasteiger partial charge in [0.05, 0.1) is 12.5 Å². The minimum Gasteiger partial charge on any atom is -0.457 e. The summed E-state index contributed by atoms with van der Waals surface area (Å²) < 4.78 is 5.26. The molecule has 0 bridgehead atoms. The zero-order valence-electron chi connectivity index (χ0n) is 8.59. The Labute approximate surface area is 88.7 Å². The highest BCUT2D eigenvalue weighted by Crippen LogP contribution is 2.33. The fourth-order valence-corrected chi connectivity index (χ4v) is 1.87. The first-order valence-corrected chi connectivity index (χ1v) is 5.11. The molecule has 15 heavy (non-hydrogen) atoms. The van der Waals surface area contributed by atoms with Crippen molar-refractivity contribution < 1.29 is 14.6 Å². The van der Waals surface area contributed by atoms with Crippen molar-refractivity contribution in [1.29, 1.82) is 0 Å². The molecule has 2 rings (SSSR count). The smallest absolute Gasteiger partial charge is 0.309 e. The maximum atomic E-state index is 11.2. The van der Waals surface area contributed by atoms with Gasteiger partial charge in [0.25, 0.3) is 0 Å². The molecule has 0 aromatic heterocycles.